The van der Waals surface area contributed by atoms with Gasteiger partial charge in [0.2, 0.25) is 0 Å². The van der Waals surface area contributed by atoms with E-state index in [0.717, 1.165) is 0 Å². The van der Waals surface area contributed by atoms with Gasteiger partial charge in [-0.15, -0.1) is 0 Å². The fourth-order valence-corrected chi connectivity index (χ4v) is 1.71. The standard InChI is InChI=1S/C11H20N2O3/c1-10(2,3)12-9(16)13-6-5-11(4,7-13)8(14)15/h5-7H2,1-4H3,(H,12,16)(H,14,15). The molecule has 92 valence electrons. The van der Waals surface area contributed by atoms with Gasteiger partial charge in [-0.1, -0.05) is 0 Å². The molecule has 0 spiro atoms. The van der Waals surface area contributed by atoms with E-state index < -0.39 is 11.4 Å². The summed E-state index contributed by atoms with van der Waals surface area (Å²) in [4.78, 5) is 24.4. The van der Waals surface area contributed by atoms with E-state index in [9.17, 15) is 9.59 Å². The lowest BCUT2D eigenvalue weighted by molar-refractivity contribution is -0.146. The quantitative estimate of drug-likeness (QED) is 0.710. The molecule has 0 aliphatic carbocycles. The second-order valence-electron chi connectivity index (χ2n) is 5.72. The minimum Gasteiger partial charge on any atom is -0.481 e. The molecule has 1 fully saturated rings. The van der Waals surface area contributed by atoms with Crippen LogP contribution in [0, 0.1) is 5.41 Å². The largest absolute Gasteiger partial charge is 0.481 e. The Labute approximate surface area is 95.8 Å². The minimum atomic E-state index is -0.835. The van der Waals surface area contributed by atoms with Gasteiger partial charge in [-0.25, -0.2) is 4.79 Å². The normalized spacial score (nSPS) is 25.6. The number of urea groups is 1. The summed E-state index contributed by atoms with van der Waals surface area (Å²) in [6, 6.07) is -0.183. The number of hydrogen-bond donors (Lipinski definition) is 2. The molecule has 0 aromatic heterocycles. The van der Waals surface area contributed by atoms with Gasteiger partial charge < -0.3 is 15.3 Å². The van der Waals surface area contributed by atoms with Gasteiger partial charge in [0.05, 0.1) is 5.41 Å². The highest BCUT2D eigenvalue weighted by Gasteiger charge is 2.42. The number of carboxylic acids is 1. The summed E-state index contributed by atoms with van der Waals surface area (Å²) in [6.45, 7) is 8.17. The number of likely N-dealkylation sites (tertiary alicyclic amines) is 1. The van der Waals surface area contributed by atoms with Crippen LogP contribution < -0.4 is 5.32 Å². The summed E-state index contributed by atoms with van der Waals surface area (Å²) in [6.07, 6.45) is 0.514. The molecule has 1 atom stereocenters. The van der Waals surface area contributed by atoms with Gasteiger partial charge in [0.1, 0.15) is 0 Å². The van der Waals surface area contributed by atoms with E-state index in [4.69, 9.17) is 5.11 Å². The molecule has 5 nitrogen and oxygen atoms in total. The fraction of sp³-hybridized carbons (Fsp3) is 0.818. The zero-order valence-electron chi connectivity index (χ0n) is 10.3. The SMILES string of the molecule is CC(C)(C)NC(=O)N1CCC(C)(C(=O)O)C1. The van der Waals surface area contributed by atoms with Crippen LogP contribution in [-0.4, -0.2) is 40.6 Å². The van der Waals surface area contributed by atoms with Crippen molar-refractivity contribution in [1.82, 2.24) is 10.2 Å². The Morgan fingerprint density at radius 2 is 1.94 bits per heavy atom. The Morgan fingerprint density at radius 3 is 2.31 bits per heavy atom. The first-order valence-electron chi connectivity index (χ1n) is 5.45. The van der Waals surface area contributed by atoms with Gasteiger partial charge in [0.25, 0.3) is 0 Å². The number of nitrogens with one attached hydrogen (secondary N) is 1. The fourth-order valence-electron chi connectivity index (χ4n) is 1.71. The first-order chi connectivity index (χ1) is 7.14. The predicted octanol–water partition coefficient (Wildman–Crippen LogP) is 1.29. The smallest absolute Gasteiger partial charge is 0.317 e. The Morgan fingerprint density at radius 1 is 1.38 bits per heavy atom. The van der Waals surface area contributed by atoms with Crippen LogP contribution >= 0.6 is 0 Å². The molecule has 0 saturated carbocycles. The van der Waals surface area contributed by atoms with Crippen molar-refractivity contribution >= 4 is 12.0 Å². The van der Waals surface area contributed by atoms with E-state index in [1.807, 2.05) is 20.8 Å². The average Bonchev–Trinajstić information content (AvgIpc) is 2.46. The molecule has 0 aromatic rings. The van der Waals surface area contributed by atoms with Gasteiger partial charge in [-0.3, -0.25) is 4.79 Å². The van der Waals surface area contributed by atoms with Crippen LogP contribution in [0.4, 0.5) is 4.79 Å². The zero-order valence-corrected chi connectivity index (χ0v) is 10.3. The maximum Gasteiger partial charge on any atom is 0.317 e. The molecule has 16 heavy (non-hydrogen) atoms. The summed E-state index contributed by atoms with van der Waals surface area (Å²) in [7, 11) is 0. The molecule has 1 aliphatic heterocycles. The van der Waals surface area contributed by atoms with Crippen LogP contribution in [0.15, 0.2) is 0 Å². The van der Waals surface area contributed by atoms with Crippen molar-refractivity contribution in [3.05, 3.63) is 0 Å². The second-order valence-corrected chi connectivity index (χ2v) is 5.72. The van der Waals surface area contributed by atoms with E-state index in [1.165, 1.54) is 0 Å². The maximum absolute atomic E-state index is 11.8. The summed E-state index contributed by atoms with van der Waals surface area (Å²) >= 11 is 0. The van der Waals surface area contributed by atoms with Gasteiger partial charge in [0, 0.05) is 18.6 Å². The molecule has 2 N–H and O–H groups in total. The molecular weight excluding hydrogens is 208 g/mol. The van der Waals surface area contributed by atoms with E-state index in [-0.39, 0.29) is 18.1 Å². The Hall–Kier alpha value is -1.26. The van der Waals surface area contributed by atoms with E-state index in [2.05, 4.69) is 5.32 Å². The van der Waals surface area contributed by atoms with Crippen molar-refractivity contribution in [1.29, 1.82) is 0 Å². The lowest BCUT2D eigenvalue weighted by Gasteiger charge is -2.26. The van der Waals surface area contributed by atoms with Crippen molar-refractivity contribution in [2.45, 2.75) is 39.7 Å². The number of aliphatic carboxylic acids is 1. The van der Waals surface area contributed by atoms with Crippen LogP contribution in [0.3, 0.4) is 0 Å². The Kier molecular flexibility index (Phi) is 3.17. The molecule has 0 radical (unpaired) electrons. The lowest BCUT2D eigenvalue weighted by Crippen LogP contribution is -2.48. The van der Waals surface area contributed by atoms with Crippen LogP contribution in [0.5, 0.6) is 0 Å². The van der Waals surface area contributed by atoms with Crippen molar-refractivity contribution in [3.8, 4) is 0 Å². The Bertz CT molecular complexity index is 309. The monoisotopic (exact) mass is 228 g/mol. The van der Waals surface area contributed by atoms with Crippen molar-refractivity contribution in [2.24, 2.45) is 5.41 Å². The van der Waals surface area contributed by atoms with Crippen LogP contribution in [0.2, 0.25) is 0 Å². The molecule has 0 bridgehead atoms. The van der Waals surface area contributed by atoms with Crippen molar-refractivity contribution in [3.63, 3.8) is 0 Å². The number of carbonyl (C=O) groups is 2. The van der Waals surface area contributed by atoms with Gasteiger partial charge >= 0.3 is 12.0 Å². The zero-order chi connectivity index (χ0) is 12.6. The number of rotatable bonds is 1. The molecule has 1 heterocycles. The van der Waals surface area contributed by atoms with Crippen LogP contribution in [0.25, 0.3) is 0 Å². The highest BCUT2D eigenvalue weighted by Crippen LogP contribution is 2.30. The number of nitrogens with zero attached hydrogens (tertiary/aromatic N) is 1. The van der Waals surface area contributed by atoms with E-state index in [1.54, 1.807) is 11.8 Å². The molecular formula is C11H20N2O3. The number of carbonyl (C=O) groups excluding carboxylic acids is 1. The average molecular weight is 228 g/mol. The lowest BCUT2D eigenvalue weighted by atomic mass is 9.90. The number of carboxylic acid groups (broad SMARTS) is 1. The highest BCUT2D eigenvalue weighted by molar-refractivity contribution is 5.79. The van der Waals surface area contributed by atoms with Gasteiger partial charge in [-0.2, -0.15) is 0 Å². The topological polar surface area (TPSA) is 69.6 Å². The summed E-state index contributed by atoms with van der Waals surface area (Å²) < 4.78 is 0. The summed E-state index contributed by atoms with van der Waals surface area (Å²) in [5, 5.41) is 11.9. The third-order valence-electron chi connectivity index (χ3n) is 2.76. The van der Waals surface area contributed by atoms with Crippen molar-refractivity contribution in [2.75, 3.05) is 13.1 Å². The second kappa shape index (κ2) is 3.96. The highest BCUT2D eigenvalue weighted by atomic mass is 16.4. The van der Waals surface area contributed by atoms with Gasteiger partial charge in [-0.05, 0) is 34.1 Å². The van der Waals surface area contributed by atoms with E-state index >= 15 is 0 Å². The molecule has 5 heteroatoms. The van der Waals surface area contributed by atoms with E-state index in [0.29, 0.717) is 13.0 Å². The molecule has 2 amide bonds. The third kappa shape index (κ3) is 2.87. The van der Waals surface area contributed by atoms with Gasteiger partial charge in [0.15, 0.2) is 0 Å². The third-order valence-corrected chi connectivity index (χ3v) is 2.76. The summed E-state index contributed by atoms with van der Waals surface area (Å²) in [5.74, 6) is -0.835. The summed E-state index contributed by atoms with van der Waals surface area (Å²) in [5.41, 5.74) is -1.09. The number of hydrogen-bond acceptors (Lipinski definition) is 2. The molecule has 0 aromatic carbocycles. The predicted molar refractivity (Wildman–Crippen MR) is 60.2 cm³/mol. The maximum atomic E-state index is 11.8. The van der Waals surface area contributed by atoms with Crippen molar-refractivity contribution < 1.29 is 14.7 Å². The van der Waals surface area contributed by atoms with Crippen LogP contribution in [-0.2, 0) is 4.79 Å². The molecule has 1 unspecified atom stereocenters. The minimum absolute atomic E-state index is 0.183. The Balaban J connectivity index is 2.60. The first-order valence-corrected chi connectivity index (χ1v) is 5.45. The molecule has 1 aliphatic rings. The molecule has 1 saturated heterocycles. The number of amides is 2. The first kappa shape index (κ1) is 12.8. The molecule has 1 rings (SSSR count). The van der Waals surface area contributed by atoms with Crippen LogP contribution in [0.1, 0.15) is 34.1 Å².